The smallest absolute Gasteiger partial charge is 0.326 e. The summed E-state index contributed by atoms with van der Waals surface area (Å²) in [5, 5.41) is 10.8. The number of hydrogen-bond acceptors (Lipinski definition) is 2. The molecule has 0 aliphatic heterocycles. The van der Waals surface area contributed by atoms with E-state index in [1.807, 2.05) is 5.32 Å². The fourth-order valence-electron chi connectivity index (χ4n) is 1.61. The van der Waals surface area contributed by atoms with Crippen LogP contribution in [0.4, 0.5) is 23.7 Å². The largest absolute Gasteiger partial charge is 0.480 e. The molecule has 1 aromatic rings. The third-order valence-corrected chi connectivity index (χ3v) is 2.70. The van der Waals surface area contributed by atoms with Crippen LogP contribution in [-0.2, 0) is 4.79 Å². The van der Waals surface area contributed by atoms with E-state index in [-0.39, 0.29) is 6.42 Å². The van der Waals surface area contributed by atoms with Crippen molar-refractivity contribution in [1.29, 1.82) is 0 Å². The number of amides is 2. The summed E-state index contributed by atoms with van der Waals surface area (Å²) in [6.45, 7) is 1.54. The van der Waals surface area contributed by atoms with Gasteiger partial charge < -0.3 is 15.3 Å². The number of likely N-dealkylation sites (N-methyl/N-ethyl adjacent to an activating group) is 1. The number of carbonyl (C=O) groups is 2. The molecule has 2 amide bonds. The Morgan fingerprint density at radius 1 is 1.30 bits per heavy atom. The molecule has 20 heavy (non-hydrogen) atoms. The molecular formula is C12H13F3N2O3. The van der Waals surface area contributed by atoms with E-state index >= 15 is 0 Å². The van der Waals surface area contributed by atoms with Crippen molar-refractivity contribution >= 4 is 17.7 Å². The third kappa shape index (κ3) is 3.40. The number of urea groups is 1. The fraction of sp³-hybridized carbons (Fsp3) is 0.333. The van der Waals surface area contributed by atoms with Gasteiger partial charge in [-0.2, -0.15) is 0 Å². The number of anilines is 1. The Morgan fingerprint density at radius 3 is 2.20 bits per heavy atom. The summed E-state index contributed by atoms with van der Waals surface area (Å²) < 4.78 is 39.4. The van der Waals surface area contributed by atoms with E-state index in [0.29, 0.717) is 12.1 Å². The summed E-state index contributed by atoms with van der Waals surface area (Å²) in [5.41, 5.74) is -0.830. The molecule has 0 aliphatic carbocycles. The quantitative estimate of drug-likeness (QED) is 0.894. The minimum atomic E-state index is -1.28. The van der Waals surface area contributed by atoms with Crippen LogP contribution in [0.5, 0.6) is 0 Å². The monoisotopic (exact) mass is 290 g/mol. The zero-order valence-electron chi connectivity index (χ0n) is 10.8. The van der Waals surface area contributed by atoms with Gasteiger partial charge in [0.2, 0.25) is 0 Å². The van der Waals surface area contributed by atoms with E-state index < -0.39 is 41.2 Å². The van der Waals surface area contributed by atoms with Crippen molar-refractivity contribution < 1.29 is 27.9 Å². The second-order valence-corrected chi connectivity index (χ2v) is 4.05. The molecule has 1 atom stereocenters. The maximum atomic E-state index is 13.3. The predicted octanol–water partition coefficient (Wildman–Crippen LogP) is 2.43. The van der Waals surface area contributed by atoms with E-state index in [1.54, 1.807) is 6.92 Å². The van der Waals surface area contributed by atoms with Gasteiger partial charge in [-0.1, -0.05) is 6.92 Å². The van der Waals surface area contributed by atoms with Crippen LogP contribution < -0.4 is 5.32 Å². The Morgan fingerprint density at radius 2 is 1.80 bits per heavy atom. The van der Waals surface area contributed by atoms with Crippen molar-refractivity contribution in [2.45, 2.75) is 19.4 Å². The first-order valence-electron chi connectivity index (χ1n) is 5.69. The van der Waals surface area contributed by atoms with Crippen molar-refractivity contribution in [3.8, 4) is 0 Å². The minimum Gasteiger partial charge on any atom is -0.480 e. The standard InChI is InChI=1S/C12H13F3N2O3/c1-3-9(11(18)19)17(2)12(20)16-10-7(14)4-6(13)5-8(10)15/h4-5,9H,3H2,1-2H3,(H,16,20)(H,18,19). The number of carboxylic acid groups (broad SMARTS) is 1. The van der Waals surface area contributed by atoms with Gasteiger partial charge in [0, 0.05) is 19.2 Å². The molecule has 110 valence electrons. The van der Waals surface area contributed by atoms with Crippen LogP contribution >= 0.6 is 0 Å². The molecule has 0 saturated carbocycles. The van der Waals surface area contributed by atoms with Gasteiger partial charge in [-0.15, -0.1) is 0 Å². The molecule has 8 heteroatoms. The third-order valence-electron chi connectivity index (χ3n) is 2.70. The molecule has 1 unspecified atom stereocenters. The highest BCUT2D eigenvalue weighted by molar-refractivity contribution is 5.92. The molecule has 0 heterocycles. The first-order valence-corrected chi connectivity index (χ1v) is 5.69. The molecule has 0 saturated heterocycles. The molecule has 1 rings (SSSR count). The summed E-state index contributed by atoms with van der Waals surface area (Å²) in [5.74, 6) is -4.94. The highest BCUT2D eigenvalue weighted by atomic mass is 19.1. The van der Waals surface area contributed by atoms with Gasteiger partial charge in [0.25, 0.3) is 0 Å². The second-order valence-electron chi connectivity index (χ2n) is 4.05. The number of nitrogens with zero attached hydrogens (tertiary/aromatic N) is 1. The van der Waals surface area contributed by atoms with Crippen LogP contribution in [0, 0.1) is 17.5 Å². The van der Waals surface area contributed by atoms with Crippen LogP contribution in [-0.4, -0.2) is 35.1 Å². The van der Waals surface area contributed by atoms with Gasteiger partial charge in [-0.25, -0.2) is 22.8 Å². The van der Waals surface area contributed by atoms with Crippen molar-refractivity contribution in [1.82, 2.24) is 4.90 Å². The number of carboxylic acids is 1. The number of aliphatic carboxylic acids is 1. The van der Waals surface area contributed by atoms with Crippen LogP contribution in [0.15, 0.2) is 12.1 Å². The maximum absolute atomic E-state index is 13.3. The lowest BCUT2D eigenvalue weighted by atomic mass is 10.2. The highest BCUT2D eigenvalue weighted by Crippen LogP contribution is 2.20. The predicted molar refractivity (Wildman–Crippen MR) is 64.8 cm³/mol. The van der Waals surface area contributed by atoms with Gasteiger partial charge in [0.05, 0.1) is 0 Å². The summed E-state index contributed by atoms with van der Waals surface area (Å²) in [6.07, 6.45) is 0.119. The maximum Gasteiger partial charge on any atom is 0.326 e. The van der Waals surface area contributed by atoms with Gasteiger partial charge in [-0.05, 0) is 6.42 Å². The molecule has 0 bridgehead atoms. The summed E-state index contributed by atoms with van der Waals surface area (Å²) in [6, 6.07) is -1.33. The zero-order valence-corrected chi connectivity index (χ0v) is 10.8. The van der Waals surface area contributed by atoms with E-state index in [2.05, 4.69) is 0 Å². The molecule has 5 nitrogen and oxygen atoms in total. The first kappa shape index (κ1) is 15.8. The molecule has 0 fully saturated rings. The summed E-state index contributed by atoms with van der Waals surface area (Å²) in [7, 11) is 1.18. The lowest BCUT2D eigenvalue weighted by Gasteiger charge is -2.24. The number of halogens is 3. The second kappa shape index (κ2) is 6.27. The Bertz CT molecular complexity index is 514. The Balaban J connectivity index is 2.94. The fourth-order valence-corrected chi connectivity index (χ4v) is 1.61. The normalized spacial score (nSPS) is 11.8. The number of rotatable bonds is 4. The van der Waals surface area contributed by atoms with Crippen LogP contribution in [0.3, 0.4) is 0 Å². The topological polar surface area (TPSA) is 69.6 Å². The number of hydrogen-bond donors (Lipinski definition) is 2. The van der Waals surface area contributed by atoms with Crippen molar-refractivity contribution in [3.63, 3.8) is 0 Å². The average molecular weight is 290 g/mol. The van der Waals surface area contributed by atoms with Crippen molar-refractivity contribution in [3.05, 3.63) is 29.6 Å². The van der Waals surface area contributed by atoms with E-state index in [4.69, 9.17) is 5.11 Å². The number of nitrogens with one attached hydrogen (secondary N) is 1. The van der Waals surface area contributed by atoms with Crippen molar-refractivity contribution in [2.24, 2.45) is 0 Å². The van der Waals surface area contributed by atoms with Crippen LogP contribution in [0.1, 0.15) is 13.3 Å². The van der Waals surface area contributed by atoms with Gasteiger partial charge >= 0.3 is 12.0 Å². The summed E-state index contributed by atoms with van der Waals surface area (Å²) >= 11 is 0. The van der Waals surface area contributed by atoms with Gasteiger partial charge in [-0.3, -0.25) is 0 Å². The molecular weight excluding hydrogens is 277 g/mol. The Hall–Kier alpha value is -2.25. The van der Waals surface area contributed by atoms with Crippen LogP contribution in [0.2, 0.25) is 0 Å². The molecule has 1 aromatic carbocycles. The van der Waals surface area contributed by atoms with Gasteiger partial charge in [0.15, 0.2) is 11.6 Å². The Labute approximate surface area is 113 Å². The molecule has 0 radical (unpaired) electrons. The van der Waals surface area contributed by atoms with E-state index in [0.717, 1.165) is 4.90 Å². The molecule has 2 N–H and O–H groups in total. The Kier molecular flexibility index (Phi) is 4.95. The zero-order chi connectivity index (χ0) is 15.4. The molecule has 0 aliphatic rings. The number of carbonyl (C=O) groups excluding carboxylic acids is 1. The average Bonchev–Trinajstić information content (AvgIpc) is 2.33. The lowest BCUT2D eigenvalue weighted by molar-refractivity contribution is -0.141. The SMILES string of the molecule is CCC(C(=O)O)N(C)C(=O)Nc1c(F)cc(F)cc1F. The molecule has 0 aromatic heterocycles. The van der Waals surface area contributed by atoms with Crippen molar-refractivity contribution in [2.75, 3.05) is 12.4 Å². The first-order chi connectivity index (χ1) is 9.27. The number of benzene rings is 1. The minimum absolute atomic E-state index is 0.119. The highest BCUT2D eigenvalue weighted by Gasteiger charge is 2.26. The molecule has 0 spiro atoms. The summed E-state index contributed by atoms with van der Waals surface area (Å²) in [4.78, 5) is 23.4. The van der Waals surface area contributed by atoms with E-state index in [1.165, 1.54) is 7.05 Å². The van der Waals surface area contributed by atoms with E-state index in [9.17, 15) is 22.8 Å². The lowest BCUT2D eigenvalue weighted by Crippen LogP contribution is -2.44. The van der Waals surface area contributed by atoms with Crippen LogP contribution in [0.25, 0.3) is 0 Å². The van der Waals surface area contributed by atoms with Gasteiger partial charge in [0.1, 0.15) is 17.5 Å².